The maximum absolute atomic E-state index is 11.8. The van der Waals surface area contributed by atoms with Crippen LogP contribution in [0, 0.1) is 0 Å². The lowest BCUT2D eigenvalue weighted by molar-refractivity contribution is 0.318. The van der Waals surface area contributed by atoms with Crippen molar-refractivity contribution in [2.45, 2.75) is 19.0 Å². The van der Waals surface area contributed by atoms with Gasteiger partial charge in [0.25, 0.3) is 5.56 Å². The zero-order chi connectivity index (χ0) is 11.8. The Kier molecular flexibility index (Phi) is 2.70. The maximum atomic E-state index is 11.8. The van der Waals surface area contributed by atoms with Crippen LogP contribution in [0.3, 0.4) is 0 Å². The van der Waals surface area contributed by atoms with Crippen molar-refractivity contribution in [3.63, 3.8) is 0 Å². The first-order valence-corrected chi connectivity index (χ1v) is 6.54. The second kappa shape index (κ2) is 4.21. The van der Waals surface area contributed by atoms with Crippen molar-refractivity contribution in [1.29, 1.82) is 0 Å². The summed E-state index contributed by atoms with van der Waals surface area (Å²) >= 11 is 1.43. The highest BCUT2D eigenvalue weighted by atomic mass is 32.1. The Bertz CT molecular complexity index is 590. The van der Waals surface area contributed by atoms with Crippen molar-refractivity contribution in [3.8, 4) is 0 Å². The average Bonchev–Trinajstić information content (AvgIpc) is 2.87. The van der Waals surface area contributed by atoms with Crippen molar-refractivity contribution in [2.24, 2.45) is 5.73 Å². The molecule has 1 aliphatic heterocycles. The van der Waals surface area contributed by atoms with Gasteiger partial charge in [0, 0.05) is 19.1 Å². The van der Waals surface area contributed by atoms with Crippen LogP contribution in [-0.4, -0.2) is 34.0 Å². The Morgan fingerprint density at radius 1 is 1.65 bits per heavy atom. The summed E-state index contributed by atoms with van der Waals surface area (Å²) in [6.07, 6.45) is 1.02. The highest BCUT2D eigenvalue weighted by molar-refractivity contribution is 7.17. The number of hydrogen-bond acceptors (Lipinski definition) is 5. The van der Waals surface area contributed by atoms with Crippen LogP contribution in [0.25, 0.3) is 10.2 Å². The monoisotopic (exact) mass is 250 g/mol. The summed E-state index contributed by atoms with van der Waals surface area (Å²) in [6.45, 7) is 2.53. The quantitative estimate of drug-likeness (QED) is 0.814. The molecule has 0 spiro atoms. The third-order valence-corrected chi connectivity index (χ3v) is 3.95. The van der Waals surface area contributed by atoms with E-state index in [2.05, 4.69) is 14.9 Å². The molecular formula is C11H14N4OS. The summed E-state index contributed by atoms with van der Waals surface area (Å²) in [7, 11) is 0. The molecule has 0 unspecified atom stereocenters. The highest BCUT2D eigenvalue weighted by Gasteiger charge is 2.19. The van der Waals surface area contributed by atoms with Crippen LogP contribution in [0.1, 0.15) is 12.2 Å². The van der Waals surface area contributed by atoms with Gasteiger partial charge in [-0.15, -0.1) is 11.3 Å². The van der Waals surface area contributed by atoms with E-state index in [1.165, 1.54) is 11.3 Å². The van der Waals surface area contributed by atoms with Gasteiger partial charge in [-0.3, -0.25) is 9.69 Å². The lowest BCUT2D eigenvalue weighted by Crippen LogP contribution is -2.27. The van der Waals surface area contributed by atoms with Gasteiger partial charge in [-0.2, -0.15) is 0 Å². The Balaban J connectivity index is 1.88. The fourth-order valence-electron chi connectivity index (χ4n) is 2.21. The number of likely N-dealkylation sites (tertiary alicyclic amines) is 1. The Morgan fingerprint density at radius 3 is 3.29 bits per heavy atom. The molecular weight excluding hydrogens is 236 g/mol. The van der Waals surface area contributed by atoms with Gasteiger partial charge in [-0.05, 0) is 17.9 Å². The first-order chi connectivity index (χ1) is 8.22. The van der Waals surface area contributed by atoms with Crippen molar-refractivity contribution < 1.29 is 0 Å². The number of nitrogens with two attached hydrogens (primary N) is 1. The number of rotatable bonds is 2. The Labute approximate surface area is 102 Å². The van der Waals surface area contributed by atoms with E-state index in [0.29, 0.717) is 11.2 Å². The molecule has 3 heterocycles. The lowest BCUT2D eigenvalue weighted by Gasteiger charge is -2.13. The van der Waals surface area contributed by atoms with Crippen LogP contribution < -0.4 is 11.3 Å². The molecule has 1 atom stereocenters. The number of nitrogens with zero attached hydrogens (tertiary/aromatic N) is 2. The SMILES string of the molecule is N[C@@H]1CCN(Cc2nc3ccsc3c(=O)[nH]2)C1. The number of H-pyrrole nitrogens is 1. The molecule has 2 aromatic rings. The standard InChI is InChI=1S/C11H14N4OS/c12-7-1-3-15(5-7)6-9-13-8-2-4-17-10(8)11(16)14-9/h2,4,7H,1,3,5-6,12H2,(H,13,14,16)/t7-/m1/s1. The fourth-order valence-corrected chi connectivity index (χ4v) is 2.94. The predicted octanol–water partition coefficient (Wildman–Crippen LogP) is 0.518. The maximum Gasteiger partial charge on any atom is 0.268 e. The first-order valence-electron chi connectivity index (χ1n) is 5.67. The number of nitrogens with one attached hydrogen (secondary N) is 1. The third-order valence-electron chi connectivity index (χ3n) is 3.05. The summed E-state index contributed by atoms with van der Waals surface area (Å²) < 4.78 is 0.701. The average molecular weight is 250 g/mol. The van der Waals surface area contributed by atoms with Gasteiger partial charge in [0.05, 0.1) is 12.1 Å². The van der Waals surface area contributed by atoms with E-state index in [-0.39, 0.29) is 11.6 Å². The van der Waals surface area contributed by atoms with E-state index >= 15 is 0 Å². The summed E-state index contributed by atoms with van der Waals surface area (Å²) in [5.41, 5.74) is 6.60. The van der Waals surface area contributed by atoms with E-state index in [4.69, 9.17) is 5.73 Å². The van der Waals surface area contributed by atoms with Crippen molar-refractivity contribution in [3.05, 3.63) is 27.6 Å². The van der Waals surface area contributed by atoms with Crippen LogP contribution in [0.5, 0.6) is 0 Å². The van der Waals surface area contributed by atoms with Gasteiger partial charge in [0.15, 0.2) is 0 Å². The van der Waals surface area contributed by atoms with Gasteiger partial charge >= 0.3 is 0 Å². The molecule has 3 N–H and O–H groups in total. The molecule has 0 aliphatic carbocycles. The smallest absolute Gasteiger partial charge is 0.268 e. The molecule has 0 amide bonds. The van der Waals surface area contributed by atoms with Crippen LogP contribution in [0.2, 0.25) is 0 Å². The van der Waals surface area contributed by atoms with Crippen molar-refractivity contribution >= 4 is 21.6 Å². The number of aromatic amines is 1. The van der Waals surface area contributed by atoms with E-state index in [9.17, 15) is 4.79 Å². The first kappa shape index (κ1) is 10.9. The molecule has 6 heteroatoms. The largest absolute Gasteiger partial charge is 0.326 e. The van der Waals surface area contributed by atoms with E-state index in [1.807, 2.05) is 11.4 Å². The summed E-state index contributed by atoms with van der Waals surface area (Å²) in [4.78, 5) is 21.3. The minimum absolute atomic E-state index is 0.0384. The topological polar surface area (TPSA) is 75.0 Å². The normalized spacial score (nSPS) is 21.4. The van der Waals surface area contributed by atoms with E-state index < -0.39 is 0 Å². The molecule has 3 rings (SSSR count). The number of fused-ring (bicyclic) bond motifs is 1. The van der Waals surface area contributed by atoms with Gasteiger partial charge in [-0.25, -0.2) is 4.98 Å². The summed E-state index contributed by atoms with van der Waals surface area (Å²) in [5, 5.41) is 1.89. The fraction of sp³-hybridized carbons (Fsp3) is 0.455. The number of thiophene rings is 1. The molecule has 1 aliphatic rings. The van der Waals surface area contributed by atoms with E-state index in [1.54, 1.807) is 0 Å². The molecule has 0 bridgehead atoms. The molecule has 90 valence electrons. The molecule has 17 heavy (non-hydrogen) atoms. The van der Waals surface area contributed by atoms with Crippen LogP contribution in [0.4, 0.5) is 0 Å². The third kappa shape index (κ3) is 2.11. The summed E-state index contributed by atoms with van der Waals surface area (Å²) in [5.74, 6) is 0.731. The zero-order valence-corrected chi connectivity index (χ0v) is 10.2. The molecule has 5 nitrogen and oxygen atoms in total. The number of hydrogen-bond donors (Lipinski definition) is 2. The molecule has 0 radical (unpaired) electrons. The lowest BCUT2D eigenvalue weighted by atomic mass is 10.3. The molecule has 2 aromatic heterocycles. The Hall–Kier alpha value is -1.24. The summed E-state index contributed by atoms with van der Waals surface area (Å²) in [6, 6.07) is 2.14. The highest BCUT2D eigenvalue weighted by Crippen LogP contribution is 2.15. The van der Waals surface area contributed by atoms with Crippen LogP contribution in [0.15, 0.2) is 16.2 Å². The van der Waals surface area contributed by atoms with Crippen LogP contribution in [-0.2, 0) is 6.54 Å². The van der Waals surface area contributed by atoms with Gasteiger partial charge < -0.3 is 10.7 Å². The van der Waals surface area contributed by atoms with E-state index in [0.717, 1.165) is 30.9 Å². The Morgan fingerprint density at radius 2 is 2.53 bits per heavy atom. The second-order valence-electron chi connectivity index (χ2n) is 4.43. The molecule has 0 aromatic carbocycles. The predicted molar refractivity (Wildman–Crippen MR) is 68.1 cm³/mol. The van der Waals surface area contributed by atoms with Crippen LogP contribution >= 0.6 is 11.3 Å². The van der Waals surface area contributed by atoms with Gasteiger partial charge in [-0.1, -0.05) is 0 Å². The number of aromatic nitrogens is 2. The minimum atomic E-state index is -0.0384. The van der Waals surface area contributed by atoms with Gasteiger partial charge in [0.2, 0.25) is 0 Å². The second-order valence-corrected chi connectivity index (χ2v) is 5.35. The minimum Gasteiger partial charge on any atom is -0.326 e. The molecule has 1 saturated heterocycles. The van der Waals surface area contributed by atoms with Crippen molar-refractivity contribution in [2.75, 3.05) is 13.1 Å². The molecule has 1 fully saturated rings. The zero-order valence-electron chi connectivity index (χ0n) is 9.35. The van der Waals surface area contributed by atoms with Crippen molar-refractivity contribution in [1.82, 2.24) is 14.9 Å². The molecule has 0 saturated carbocycles. The van der Waals surface area contributed by atoms with Gasteiger partial charge in [0.1, 0.15) is 10.5 Å².